The Morgan fingerprint density at radius 2 is 1.80 bits per heavy atom. The van der Waals surface area contributed by atoms with Gasteiger partial charge in [0, 0.05) is 43.1 Å². The molecule has 30 heavy (non-hydrogen) atoms. The fourth-order valence-electron chi connectivity index (χ4n) is 3.74. The van der Waals surface area contributed by atoms with Crippen molar-refractivity contribution in [2.24, 2.45) is 5.92 Å². The van der Waals surface area contributed by atoms with Crippen molar-refractivity contribution >= 4 is 17.2 Å². The Morgan fingerprint density at radius 1 is 1.10 bits per heavy atom. The summed E-state index contributed by atoms with van der Waals surface area (Å²) in [5.41, 5.74) is -0.334. The molecule has 11 heteroatoms. The van der Waals surface area contributed by atoms with Crippen molar-refractivity contribution in [3.8, 4) is 10.8 Å². The van der Waals surface area contributed by atoms with Crippen molar-refractivity contribution in [2.45, 2.75) is 44.2 Å². The number of ether oxygens (including phenoxy) is 1. The maximum atomic E-state index is 13.5. The van der Waals surface area contributed by atoms with E-state index >= 15 is 0 Å². The molecule has 2 aromatic rings. The number of thiazole rings is 1. The lowest BCUT2D eigenvalue weighted by Gasteiger charge is -2.29. The standard InChI is InChI=1S/C19H21F5N4OS/c20-18(21)3-1-12(2-4-18)9-13-10-15(28-5-7-29-8-6-28)27-16(25-13)17-26-14(11-30-17)19(22,23)24/h10-12H,1-9H2. The first-order valence-corrected chi connectivity index (χ1v) is 10.7. The van der Waals surface area contributed by atoms with Gasteiger partial charge in [-0.3, -0.25) is 0 Å². The lowest BCUT2D eigenvalue weighted by atomic mass is 9.84. The summed E-state index contributed by atoms with van der Waals surface area (Å²) >= 11 is 0.841. The molecule has 2 aromatic heterocycles. The molecule has 3 heterocycles. The molecule has 0 spiro atoms. The van der Waals surface area contributed by atoms with Crippen LogP contribution in [0, 0.1) is 5.92 Å². The molecule has 0 amide bonds. The Kier molecular flexibility index (Phi) is 5.93. The van der Waals surface area contributed by atoms with Crippen LogP contribution >= 0.6 is 11.3 Å². The first-order chi connectivity index (χ1) is 14.2. The van der Waals surface area contributed by atoms with Crippen LogP contribution in [0.4, 0.5) is 27.8 Å². The van der Waals surface area contributed by atoms with E-state index in [1.54, 1.807) is 6.07 Å². The van der Waals surface area contributed by atoms with Crippen LogP contribution in [-0.4, -0.2) is 47.2 Å². The van der Waals surface area contributed by atoms with E-state index in [4.69, 9.17) is 4.74 Å². The van der Waals surface area contributed by atoms with Gasteiger partial charge in [0.05, 0.1) is 13.2 Å². The fourth-order valence-corrected chi connectivity index (χ4v) is 4.50. The molecule has 4 rings (SSSR count). The van der Waals surface area contributed by atoms with Gasteiger partial charge in [-0.1, -0.05) is 0 Å². The minimum Gasteiger partial charge on any atom is -0.378 e. The van der Waals surface area contributed by atoms with Crippen LogP contribution in [0.1, 0.15) is 37.1 Å². The second-order valence-corrected chi connectivity index (χ2v) is 8.54. The van der Waals surface area contributed by atoms with Crippen molar-refractivity contribution in [1.29, 1.82) is 0 Å². The highest BCUT2D eigenvalue weighted by Crippen LogP contribution is 2.38. The summed E-state index contributed by atoms with van der Waals surface area (Å²) in [5.74, 6) is -1.81. The molecule has 1 saturated heterocycles. The first kappa shape index (κ1) is 21.4. The third-order valence-electron chi connectivity index (χ3n) is 5.42. The highest BCUT2D eigenvalue weighted by atomic mass is 32.1. The van der Waals surface area contributed by atoms with Crippen LogP contribution in [-0.2, 0) is 17.3 Å². The molecule has 0 unspecified atom stereocenters. The van der Waals surface area contributed by atoms with E-state index < -0.39 is 17.8 Å². The lowest BCUT2D eigenvalue weighted by Crippen LogP contribution is -2.37. The number of nitrogens with zero attached hydrogens (tertiary/aromatic N) is 4. The molecule has 0 atom stereocenters. The predicted octanol–water partition coefficient (Wildman–Crippen LogP) is 4.82. The van der Waals surface area contributed by atoms with Crippen LogP contribution in [0.2, 0.25) is 0 Å². The number of alkyl halides is 5. The first-order valence-electron chi connectivity index (χ1n) is 9.81. The van der Waals surface area contributed by atoms with Crippen molar-refractivity contribution in [2.75, 3.05) is 31.2 Å². The second kappa shape index (κ2) is 8.33. The van der Waals surface area contributed by atoms with E-state index in [0.717, 1.165) is 16.7 Å². The molecule has 1 aliphatic carbocycles. The number of hydrogen-bond acceptors (Lipinski definition) is 6. The Labute approximate surface area is 174 Å². The predicted molar refractivity (Wildman–Crippen MR) is 102 cm³/mol. The zero-order valence-electron chi connectivity index (χ0n) is 16.1. The van der Waals surface area contributed by atoms with E-state index in [-0.39, 0.29) is 29.6 Å². The summed E-state index contributed by atoms with van der Waals surface area (Å²) in [7, 11) is 0. The largest absolute Gasteiger partial charge is 0.434 e. The lowest BCUT2D eigenvalue weighted by molar-refractivity contribution is -0.140. The van der Waals surface area contributed by atoms with Gasteiger partial charge in [0.15, 0.2) is 16.5 Å². The topological polar surface area (TPSA) is 51.1 Å². The van der Waals surface area contributed by atoms with E-state index in [0.29, 0.717) is 57.1 Å². The third-order valence-corrected chi connectivity index (χ3v) is 6.26. The minimum atomic E-state index is -4.53. The molecule has 0 N–H and O–H groups in total. The molecule has 0 aromatic carbocycles. The Bertz CT molecular complexity index is 872. The molecule has 164 valence electrons. The molecule has 0 radical (unpaired) electrons. The van der Waals surface area contributed by atoms with Crippen LogP contribution in [0.5, 0.6) is 0 Å². The number of anilines is 1. The molecule has 0 bridgehead atoms. The van der Waals surface area contributed by atoms with Gasteiger partial charge in [-0.05, 0) is 25.2 Å². The van der Waals surface area contributed by atoms with E-state index in [1.807, 2.05) is 4.90 Å². The van der Waals surface area contributed by atoms with E-state index in [2.05, 4.69) is 15.0 Å². The van der Waals surface area contributed by atoms with E-state index in [1.165, 1.54) is 0 Å². The number of halogens is 5. The third kappa shape index (κ3) is 5.05. The summed E-state index contributed by atoms with van der Waals surface area (Å²) in [6, 6.07) is 1.81. The summed E-state index contributed by atoms with van der Waals surface area (Å²) in [4.78, 5) is 14.6. The quantitative estimate of drug-likeness (QED) is 0.628. The highest BCUT2D eigenvalue weighted by Gasteiger charge is 2.36. The van der Waals surface area contributed by atoms with Gasteiger partial charge < -0.3 is 9.64 Å². The molecule has 1 aliphatic heterocycles. The van der Waals surface area contributed by atoms with Crippen molar-refractivity contribution in [1.82, 2.24) is 15.0 Å². The molecule has 1 saturated carbocycles. The van der Waals surface area contributed by atoms with Crippen LogP contribution < -0.4 is 4.90 Å². The summed E-state index contributed by atoms with van der Waals surface area (Å²) in [6.07, 6.45) is -3.54. The molecule has 5 nitrogen and oxygen atoms in total. The van der Waals surface area contributed by atoms with Gasteiger partial charge in [0.2, 0.25) is 5.92 Å². The normalized spacial score (nSPS) is 20.5. The maximum Gasteiger partial charge on any atom is 0.434 e. The Hall–Kier alpha value is -1.88. The molecular formula is C19H21F5N4OS. The zero-order chi connectivity index (χ0) is 21.4. The minimum absolute atomic E-state index is 0.0620. The van der Waals surface area contributed by atoms with Gasteiger partial charge in [0.25, 0.3) is 0 Å². The molecule has 2 aliphatic rings. The monoisotopic (exact) mass is 448 g/mol. The van der Waals surface area contributed by atoms with Crippen LogP contribution in [0.3, 0.4) is 0 Å². The molecular weight excluding hydrogens is 427 g/mol. The summed E-state index contributed by atoms with van der Waals surface area (Å²) in [6.45, 7) is 2.28. The zero-order valence-corrected chi connectivity index (χ0v) is 16.9. The van der Waals surface area contributed by atoms with Gasteiger partial charge in [-0.15, -0.1) is 11.3 Å². The average molecular weight is 448 g/mol. The Balaban J connectivity index is 1.62. The number of rotatable bonds is 4. The van der Waals surface area contributed by atoms with Crippen LogP contribution in [0.15, 0.2) is 11.4 Å². The molecule has 2 fully saturated rings. The fraction of sp³-hybridized carbons (Fsp3) is 0.632. The van der Waals surface area contributed by atoms with E-state index in [9.17, 15) is 22.0 Å². The van der Waals surface area contributed by atoms with Gasteiger partial charge in [-0.2, -0.15) is 13.2 Å². The van der Waals surface area contributed by atoms with Gasteiger partial charge >= 0.3 is 6.18 Å². The number of aromatic nitrogens is 3. The van der Waals surface area contributed by atoms with Gasteiger partial charge in [0.1, 0.15) is 5.82 Å². The highest BCUT2D eigenvalue weighted by molar-refractivity contribution is 7.13. The average Bonchev–Trinajstić information content (AvgIpc) is 3.21. The summed E-state index contributed by atoms with van der Waals surface area (Å²) < 4.78 is 71.2. The van der Waals surface area contributed by atoms with Gasteiger partial charge in [-0.25, -0.2) is 23.7 Å². The van der Waals surface area contributed by atoms with Crippen molar-refractivity contribution < 1.29 is 26.7 Å². The smallest absolute Gasteiger partial charge is 0.378 e. The second-order valence-electron chi connectivity index (χ2n) is 7.68. The van der Waals surface area contributed by atoms with Crippen molar-refractivity contribution in [3.05, 3.63) is 22.8 Å². The SMILES string of the molecule is FC1(F)CCC(Cc2cc(N3CCOCC3)nc(-c3nc(C(F)(F)F)cs3)n2)CC1. The van der Waals surface area contributed by atoms with Crippen LogP contribution in [0.25, 0.3) is 10.8 Å². The van der Waals surface area contributed by atoms with Crippen molar-refractivity contribution in [3.63, 3.8) is 0 Å². The number of morpholine rings is 1. The maximum absolute atomic E-state index is 13.5. The Morgan fingerprint density at radius 3 is 2.43 bits per heavy atom. The number of hydrogen-bond donors (Lipinski definition) is 0. The summed E-state index contributed by atoms with van der Waals surface area (Å²) in [5, 5.41) is 1.04.